The van der Waals surface area contributed by atoms with Crippen molar-refractivity contribution in [1.82, 2.24) is 4.98 Å². The number of hydrogen-bond donors (Lipinski definition) is 1. The van der Waals surface area contributed by atoms with Crippen LogP contribution in [0.2, 0.25) is 0 Å². The number of rotatable bonds is 4. The molecule has 1 aromatic carbocycles. The average Bonchev–Trinajstić information content (AvgIpc) is 2.38. The maximum atomic E-state index is 13.2. The topological polar surface area (TPSA) is 33.1 Å². The molecule has 1 aromatic heterocycles. The molecule has 0 fully saturated rings. The van der Waals surface area contributed by atoms with E-state index in [2.05, 4.69) is 4.98 Å². The minimum atomic E-state index is -1.39. The zero-order valence-electron chi connectivity index (χ0n) is 10.9. The number of nitrogens with zero attached hydrogens (tertiary/aromatic N) is 1. The van der Waals surface area contributed by atoms with Crippen molar-refractivity contribution in [2.45, 2.75) is 25.4 Å². The van der Waals surface area contributed by atoms with Gasteiger partial charge >= 0.3 is 0 Å². The summed E-state index contributed by atoms with van der Waals surface area (Å²) in [4.78, 5) is 3.85. The van der Waals surface area contributed by atoms with Gasteiger partial charge in [-0.15, -0.1) is 0 Å². The van der Waals surface area contributed by atoms with E-state index >= 15 is 0 Å². The molecule has 1 unspecified atom stereocenters. The molecule has 0 saturated carbocycles. The fraction of sp³-hybridized carbons (Fsp3) is 0.267. The van der Waals surface area contributed by atoms with E-state index < -0.39 is 23.1 Å². The first-order chi connectivity index (χ1) is 9.43. The molecular formula is C15H14F3NO. The molecule has 0 amide bonds. The molecule has 0 bridgehead atoms. The highest BCUT2D eigenvalue weighted by atomic mass is 19.1. The fourth-order valence-electron chi connectivity index (χ4n) is 2.10. The zero-order chi connectivity index (χ0) is 14.8. The number of pyridine rings is 1. The van der Waals surface area contributed by atoms with Gasteiger partial charge in [0.1, 0.15) is 23.1 Å². The monoisotopic (exact) mass is 281 g/mol. The Bertz CT molecular complexity index is 580. The number of hydrogen-bond acceptors (Lipinski definition) is 2. The van der Waals surface area contributed by atoms with Crippen LogP contribution in [-0.4, -0.2) is 10.1 Å². The third-order valence-corrected chi connectivity index (χ3v) is 3.21. The van der Waals surface area contributed by atoms with Gasteiger partial charge in [0.15, 0.2) is 0 Å². The number of halogens is 3. The summed E-state index contributed by atoms with van der Waals surface area (Å²) in [5.41, 5.74) is -0.808. The van der Waals surface area contributed by atoms with Crippen LogP contribution in [0.1, 0.15) is 24.6 Å². The van der Waals surface area contributed by atoms with E-state index in [1.807, 2.05) is 0 Å². The highest BCUT2D eigenvalue weighted by Crippen LogP contribution is 2.28. The lowest BCUT2D eigenvalue weighted by molar-refractivity contribution is 0.0281. The predicted octanol–water partition coefficient (Wildman–Crippen LogP) is 3.34. The lowest BCUT2D eigenvalue weighted by atomic mass is 9.88. The molecule has 106 valence electrons. The maximum Gasteiger partial charge on any atom is 0.141 e. The van der Waals surface area contributed by atoms with Crippen LogP contribution in [0.3, 0.4) is 0 Å². The van der Waals surface area contributed by atoms with Gasteiger partial charge in [-0.2, -0.15) is 0 Å². The maximum absolute atomic E-state index is 13.2. The Morgan fingerprint density at radius 2 is 1.70 bits per heavy atom. The van der Waals surface area contributed by atoms with Crippen LogP contribution in [0.5, 0.6) is 0 Å². The van der Waals surface area contributed by atoms with Crippen molar-refractivity contribution in [3.05, 3.63) is 65.2 Å². The Hall–Kier alpha value is -1.88. The second-order valence-corrected chi connectivity index (χ2v) is 4.70. The van der Waals surface area contributed by atoms with Crippen molar-refractivity contribution < 1.29 is 18.3 Å². The van der Waals surface area contributed by atoms with Crippen LogP contribution >= 0.6 is 0 Å². The molecular weight excluding hydrogens is 267 g/mol. The summed E-state index contributed by atoms with van der Waals surface area (Å²) in [6, 6.07) is 5.65. The van der Waals surface area contributed by atoms with E-state index in [9.17, 15) is 18.3 Å². The molecule has 0 aliphatic heterocycles. The van der Waals surface area contributed by atoms with Crippen LogP contribution in [0.15, 0.2) is 36.5 Å². The lowest BCUT2D eigenvalue weighted by Crippen LogP contribution is -2.29. The van der Waals surface area contributed by atoms with E-state index in [1.54, 1.807) is 6.92 Å². The third-order valence-electron chi connectivity index (χ3n) is 3.21. The number of aromatic nitrogens is 1. The summed E-state index contributed by atoms with van der Waals surface area (Å²) in [7, 11) is 0. The molecule has 0 aliphatic carbocycles. The van der Waals surface area contributed by atoms with Crippen molar-refractivity contribution in [3.8, 4) is 0 Å². The minimum Gasteiger partial charge on any atom is -0.383 e. The van der Waals surface area contributed by atoms with Gasteiger partial charge in [-0.1, -0.05) is 6.92 Å². The Labute approximate surface area is 114 Å². The van der Waals surface area contributed by atoms with Crippen LogP contribution < -0.4 is 0 Å². The molecule has 2 aromatic rings. The molecule has 0 radical (unpaired) electrons. The molecule has 0 aliphatic rings. The van der Waals surface area contributed by atoms with Gasteiger partial charge in [0.25, 0.3) is 0 Å². The molecule has 0 spiro atoms. The van der Waals surface area contributed by atoms with Crippen LogP contribution in [0.25, 0.3) is 0 Å². The summed E-state index contributed by atoms with van der Waals surface area (Å²) in [5.74, 6) is -1.92. The Morgan fingerprint density at radius 1 is 1.05 bits per heavy atom. The van der Waals surface area contributed by atoms with E-state index in [0.29, 0.717) is 5.56 Å². The quantitative estimate of drug-likeness (QED) is 0.932. The van der Waals surface area contributed by atoms with Gasteiger partial charge in [-0.05, 0) is 36.2 Å². The van der Waals surface area contributed by atoms with E-state index in [-0.39, 0.29) is 18.5 Å². The molecule has 1 N–H and O–H groups in total. The average molecular weight is 281 g/mol. The largest absolute Gasteiger partial charge is 0.383 e. The molecule has 1 heterocycles. The highest BCUT2D eigenvalue weighted by molar-refractivity contribution is 5.23. The first kappa shape index (κ1) is 14.5. The molecule has 0 saturated heterocycles. The van der Waals surface area contributed by atoms with Gasteiger partial charge < -0.3 is 5.11 Å². The summed E-state index contributed by atoms with van der Waals surface area (Å²) in [6.45, 7) is 1.72. The smallest absolute Gasteiger partial charge is 0.141 e. The SMILES string of the molecule is CCC(O)(Cc1cc(F)cc(F)c1)c1ccc(F)cn1. The van der Waals surface area contributed by atoms with Gasteiger partial charge in [0, 0.05) is 12.5 Å². The predicted molar refractivity (Wildman–Crippen MR) is 68.4 cm³/mol. The summed E-state index contributed by atoms with van der Waals surface area (Å²) >= 11 is 0. The second-order valence-electron chi connectivity index (χ2n) is 4.70. The molecule has 2 nitrogen and oxygen atoms in total. The van der Waals surface area contributed by atoms with Gasteiger partial charge in [-0.3, -0.25) is 4.98 Å². The first-order valence-electron chi connectivity index (χ1n) is 6.22. The van der Waals surface area contributed by atoms with Crippen molar-refractivity contribution >= 4 is 0 Å². The molecule has 20 heavy (non-hydrogen) atoms. The molecule has 1 atom stereocenters. The van der Waals surface area contributed by atoms with E-state index in [1.165, 1.54) is 12.1 Å². The Morgan fingerprint density at radius 3 is 2.20 bits per heavy atom. The number of benzene rings is 1. The lowest BCUT2D eigenvalue weighted by Gasteiger charge is -2.26. The Kier molecular flexibility index (Phi) is 4.09. The van der Waals surface area contributed by atoms with Crippen molar-refractivity contribution in [2.75, 3.05) is 0 Å². The van der Waals surface area contributed by atoms with Crippen LogP contribution in [0, 0.1) is 17.5 Å². The van der Waals surface area contributed by atoms with Crippen molar-refractivity contribution in [2.24, 2.45) is 0 Å². The van der Waals surface area contributed by atoms with Crippen molar-refractivity contribution in [1.29, 1.82) is 0 Å². The van der Waals surface area contributed by atoms with Gasteiger partial charge in [-0.25, -0.2) is 13.2 Å². The highest BCUT2D eigenvalue weighted by Gasteiger charge is 2.29. The van der Waals surface area contributed by atoms with Crippen LogP contribution in [-0.2, 0) is 12.0 Å². The van der Waals surface area contributed by atoms with Gasteiger partial charge in [0.2, 0.25) is 0 Å². The summed E-state index contributed by atoms with van der Waals surface area (Å²) in [6.07, 6.45) is 1.28. The van der Waals surface area contributed by atoms with E-state index in [4.69, 9.17) is 0 Å². The van der Waals surface area contributed by atoms with Gasteiger partial charge in [0.05, 0.1) is 11.9 Å². The van der Waals surface area contributed by atoms with Crippen molar-refractivity contribution in [3.63, 3.8) is 0 Å². The first-order valence-corrected chi connectivity index (χ1v) is 6.22. The van der Waals surface area contributed by atoms with E-state index in [0.717, 1.165) is 24.4 Å². The fourth-order valence-corrected chi connectivity index (χ4v) is 2.10. The summed E-state index contributed by atoms with van der Waals surface area (Å²) < 4.78 is 39.2. The summed E-state index contributed by atoms with van der Waals surface area (Å²) in [5, 5.41) is 10.6. The standard InChI is InChI=1S/C15H14F3NO/c1-2-15(20,14-4-3-11(16)9-19-14)8-10-5-12(17)7-13(18)6-10/h3-7,9,20H,2,8H2,1H3. The second kappa shape index (κ2) is 5.63. The molecule has 2 rings (SSSR count). The zero-order valence-corrected chi connectivity index (χ0v) is 10.9. The number of aliphatic hydroxyl groups is 1. The normalized spacial score (nSPS) is 14.1. The molecule has 5 heteroatoms. The Balaban J connectivity index is 2.33. The minimum absolute atomic E-state index is 0.00316. The van der Waals surface area contributed by atoms with Crippen LogP contribution in [0.4, 0.5) is 13.2 Å². The third kappa shape index (κ3) is 3.17.